The number of aliphatic carboxylic acids is 1. The van der Waals surface area contributed by atoms with E-state index < -0.39 is 53.8 Å². The molecule has 0 fully saturated rings. The van der Waals surface area contributed by atoms with Gasteiger partial charge in [0.05, 0.1) is 12.5 Å². The normalized spacial score (nSPS) is 15.3. The van der Waals surface area contributed by atoms with Gasteiger partial charge >= 0.3 is 5.97 Å². The molecule has 1 rings (SSSR count). The van der Waals surface area contributed by atoms with E-state index in [0.717, 1.165) is 5.56 Å². The van der Waals surface area contributed by atoms with Gasteiger partial charge in [0.25, 0.3) is 0 Å². The van der Waals surface area contributed by atoms with E-state index in [4.69, 9.17) is 16.6 Å². The third-order valence-electron chi connectivity index (χ3n) is 5.20. The van der Waals surface area contributed by atoms with Crippen LogP contribution in [0.3, 0.4) is 0 Å². The fourth-order valence-electron chi connectivity index (χ4n) is 2.97. The summed E-state index contributed by atoms with van der Waals surface area (Å²) in [7, 11) is 0. The molecule has 0 aliphatic heterocycles. The van der Waals surface area contributed by atoms with Gasteiger partial charge in [-0.05, 0) is 18.4 Å². The molecule has 0 aromatic heterocycles. The second kappa shape index (κ2) is 13.2. The third kappa shape index (κ3) is 9.27. The molecule has 11 nitrogen and oxygen atoms in total. The lowest BCUT2D eigenvalue weighted by Crippen LogP contribution is -2.59. The molecule has 33 heavy (non-hydrogen) atoms. The smallest absolute Gasteiger partial charge is 0.325 e. The molecule has 0 saturated heterocycles. The van der Waals surface area contributed by atoms with Crippen molar-refractivity contribution in [1.29, 1.82) is 0 Å². The molecule has 0 saturated carbocycles. The molecule has 0 spiro atoms. The molecule has 0 bridgehead atoms. The second-order valence-electron chi connectivity index (χ2n) is 7.97. The summed E-state index contributed by atoms with van der Waals surface area (Å²) in [5.41, 5.74) is 11.5. The van der Waals surface area contributed by atoms with E-state index in [1.54, 1.807) is 37.3 Å². The number of nitrogens with one attached hydrogen (secondary N) is 3. The van der Waals surface area contributed by atoms with Crippen molar-refractivity contribution in [1.82, 2.24) is 16.0 Å². The number of carbonyl (C=O) groups excluding carboxylic acids is 4. The molecule has 4 amide bonds. The van der Waals surface area contributed by atoms with Gasteiger partial charge in [0.15, 0.2) is 0 Å². The quantitative estimate of drug-likeness (QED) is 0.217. The molecular formula is C22H33N5O6. The molecule has 1 aromatic carbocycles. The van der Waals surface area contributed by atoms with E-state index in [1.807, 2.05) is 6.92 Å². The van der Waals surface area contributed by atoms with Crippen molar-refractivity contribution >= 4 is 29.6 Å². The molecule has 0 radical (unpaired) electrons. The van der Waals surface area contributed by atoms with Crippen LogP contribution in [0, 0.1) is 5.92 Å². The topological polar surface area (TPSA) is 194 Å². The molecule has 0 aliphatic carbocycles. The van der Waals surface area contributed by atoms with Crippen LogP contribution in [-0.2, 0) is 30.4 Å². The molecule has 182 valence electrons. The van der Waals surface area contributed by atoms with Gasteiger partial charge in [0.1, 0.15) is 18.1 Å². The fourth-order valence-corrected chi connectivity index (χ4v) is 2.97. The van der Waals surface area contributed by atoms with Gasteiger partial charge in [0, 0.05) is 6.42 Å². The minimum absolute atomic E-state index is 0.104. The summed E-state index contributed by atoms with van der Waals surface area (Å²) < 4.78 is 0. The predicted octanol–water partition coefficient (Wildman–Crippen LogP) is -0.963. The zero-order chi connectivity index (χ0) is 25.1. The third-order valence-corrected chi connectivity index (χ3v) is 5.20. The Morgan fingerprint density at radius 3 is 2.06 bits per heavy atom. The van der Waals surface area contributed by atoms with E-state index in [1.165, 1.54) is 6.92 Å². The molecule has 0 heterocycles. The van der Waals surface area contributed by atoms with Crippen molar-refractivity contribution in [2.75, 3.05) is 0 Å². The van der Waals surface area contributed by atoms with Crippen molar-refractivity contribution in [3.05, 3.63) is 35.9 Å². The Hall–Kier alpha value is -3.47. The predicted molar refractivity (Wildman–Crippen MR) is 120 cm³/mol. The van der Waals surface area contributed by atoms with Crippen LogP contribution < -0.4 is 27.4 Å². The Labute approximate surface area is 192 Å². The van der Waals surface area contributed by atoms with Crippen LogP contribution in [0.15, 0.2) is 30.3 Å². The fraction of sp³-hybridized carbons (Fsp3) is 0.500. The molecule has 11 heteroatoms. The van der Waals surface area contributed by atoms with E-state index in [9.17, 15) is 24.0 Å². The van der Waals surface area contributed by atoms with Crippen molar-refractivity contribution in [3.63, 3.8) is 0 Å². The number of hydrogen-bond acceptors (Lipinski definition) is 6. The van der Waals surface area contributed by atoms with Gasteiger partial charge in [-0.15, -0.1) is 0 Å². The number of carboxylic acid groups (broad SMARTS) is 1. The first kappa shape index (κ1) is 27.6. The van der Waals surface area contributed by atoms with Crippen LogP contribution in [0.2, 0.25) is 0 Å². The van der Waals surface area contributed by atoms with E-state index in [0.29, 0.717) is 6.42 Å². The first-order valence-corrected chi connectivity index (χ1v) is 10.7. The molecule has 0 aliphatic rings. The van der Waals surface area contributed by atoms with Crippen LogP contribution in [0.1, 0.15) is 39.2 Å². The van der Waals surface area contributed by atoms with Gasteiger partial charge in [-0.2, -0.15) is 0 Å². The zero-order valence-electron chi connectivity index (χ0n) is 19.0. The zero-order valence-corrected chi connectivity index (χ0v) is 19.0. The Balaban J connectivity index is 3.07. The number of carbonyl (C=O) groups is 5. The molecular weight excluding hydrogens is 430 g/mol. The lowest BCUT2D eigenvalue weighted by molar-refractivity contribution is -0.141. The van der Waals surface area contributed by atoms with Crippen LogP contribution in [-0.4, -0.2) is 58.9 Å². The average molecular weight is 464 g/mol. The Morgan fingerprint density at radius 2 is 1.55 bits per heavy atom. The maximum Gasteiger partial charge on any atom is 0.325 e. The minimum Gasteiger partial charge on any atom is -0.480 e. The number of primary amides is 1. The van der Waals surface area contributed by atoms with Gasteiger partial charge < -0.3 is 32.5 Å². The first-order chi connectivity index (χ1) is 15.5. The molecule has 8 N–H and O–H groups in total. The molecule has 5 atom stereocenters. The van der Waals surface area contributed by atoms with Gasteiger partial charge in [-0.3, -0.25) is 24.0 Å². The Kier molecular flexibility index (Phi) is 11.0. The monoisotopic (exact) mass is 463 g/mol. The van der Waals surface area contributed by atoms with Crippen LogP contribution in [0.25, 0.3) is 0 Å². The number of carboxylic acids is 1. The summed E-state index contributed by atoms with van der Waals surface area (Å²) in [5, 5.41) is 16.6. The standard InChI is InChI=1S/C22H33N5O6/c1-4-12(2)18(27-19(29)15(23)11-17(24)28)21(31)26-16(10-14-8-6-5-7-9-14)20(30)25-13(3)22(32)33/h5-9,12-13,15-16,18H,4,10-11,23H2,1-3H3,(H2,24,28)(H,25,30)(H,26,31)(H,27,29)(H,32,33). The lowest BCUT2D eigenvalue weighted by atomic mass is 9.96. The molecule has 5 unspecified atom stereocenters. The SMILES string of the molecule is CCC(C)C(NC(=O)C(N)CC(N)=O)C(=O)NC(Cc1ccccc1)C(=O)NC(C)C(=O)O. The van der Waals surface area contributed by atoms with Crippen molar-refractivity contribution in [3.8, 4) is 0 Å². The van der Waals surface area contributed by atoms with E-state index in [-0.39, 0.29) is 18.8 Å². The first-order valence-electron chi connectivity index (χ1n) is 10.7. The number of nitrogens with two attached hydrogens (primary N) is 2. The highest BCUT2D eigenvalue weighted by atomic mass is 16.4. The van der Waals surface area contributed by atoms with Crippen molar-refractivity contribution in [2.45, 2.75) is 64.2 Å². The number of amides is 4. The number of hydrogen-bond donors (Lipinski definition) is 6. The van der Waals surface area contributed by atoms with Crippen LogP contribution >= 0.6 is 0 Å². The van der Waals surface area contributed by atoms with Gasteiger partial charge in [-0.25, -0.2) is 0 Å². The van der Waals surface area contributed by atoms with Gasteiger partial charge in [0.2, 0.25) is 23.6 Å². The summed E-state index contributed by atoms with van der Waals surface area (Å²) in [6.45, 7) is 4.87. The van der Waals surface area contributed by atoms with Crippen LogP contribution in [0.5, 0.6) is 0 Å². The summed E-state index contributed by atoms with van der Waals surface area (Å²) in [5.74, 6) is -4.34. The van der Waals surface area contributed by atoms with E-state index >= 15 is 0 Å². The second-order valence-corrected chi connectivity index (χ2v) is 7.97. The summed E-state index contributed by atoms with van der Waals surface area (Å²) >= 11 is 0. The van der Waals surface area contributed by atoms with Crippen LogP contribution in [0.4, 0.5) is 0 Å². The molecule has 1 aromatic rings. The van der Waals surface area contributed by atoms with Crippen molar-refractivity contribution < 1.29 is 29.1 Å². The van der Waals surface area contributed by atoms with Crippen molar-refractivity contribution in [2.24, 2.45) is 17.4 Å². The summed E-state index contributed by atoms with van der Waals surface area (Å²) in [6, 6.07) is 4.36. The minimum atomic E-state index is -1.22. The summed E-state index contributed by atoms with van der Waals surface area (Å²) in [4.78, 5) is 60.4. The van der Waals surface area contributed by atoms with E-state index in [2.05, 4.69) is 16.0 Å². The summed E-state index contributed by atoms with van der Waals surface area (Å²) in [6.07, 6.45) is 0.245. The highest BCUT2D eigenvalue weighted by molar-refractivity contribution is 5.95. The maximum atomic E-state index is 13.1. The highest BCUT2D eigenvalue weighted by Gasteiger charge is 2.32. The number of benzene rings is 1. The van der Waals surface area contributed by atoms with Gasteiger partial charge in [-0.1, -0.05) is 50.6 Å². The highest BCUT2D eigenvalue weighted by Crippen LogP contribution is 2.11. The Morgan fingerprint density at radius 1 is 0.939 bits per heavy atom. The largest absolute Gasteiger partial charge is 0.480 e. The lowest BCUT2D eigenvalue weighted by Gasteiger charge is -2.27. The average Bonchev–Trinajstić information content (AvgIpc) is 2.76. The Bertz CT molecular complexity index is 847. The maximum absolute atomic E-state index is 13.1. The number of rotatable bonds is 13.